The van der Waals surface area contributed by atoms with Crippen molar-refractivity contribution >= 4 is 32.9 Å². The Kier molecular flexibility index (Phi) is 15.5. The van der Waals surface area contributed by atoms with Gasteiger partial charge in [-0.2, -0.15) is 0 Å². The van der Waals surface area contributed by atoms with Crippen LogP contribution in [-0.4, -0.2) is 11.9 Å². The Morgan fingerprint density at radius 2 is 2.17 bits per heavy atom. The van der Waals surface area contributed by atoms with Gasteiger partial charge in [0.25, 0.3) is 0 Å². The van der Waals surface area contributed by atoms with Crippen molar-refractivity contribution in [1.29, 1.82) is 0 Å². The zero-order valence-corrected chi connectivity index (χ0v) is 6.49. The zero-order chi connectivity index (χ0) is 4.12. The van der Waals surface area contributed by atoms with E-state index in [0.717, 1.165) is 5.33 Å². The SMILES string of the molecule is Br.NOCCBr. The molecule has 6 heavy (non-hydrogen) atoms. The fraction of sp³-hybridized carbons (Fsp3) is 1.00. The van der Waals surface area contributed by atoms with Crippen LogP contribution >= 0.6 is 32.9 Å². The molecule has 0 aliphatic carbocycles. The molecule has 2 nitrogen and oxygen atoms in total. The topological polar surface area (TPSA) is 35.2 Å². The highest BCUT2D eigenvalue weighted by molar-refractivity contribution is 9.09. The van der Waals surface area contributed by atoms with Crippen LogP contribution in [-0.2, 0) is 4.84 Å². The Balaban J connectivity index is 0. The molecule has 0 atom stereocenters. The highest BCUT2D eigenvalue weighted by atomic mass is 79.9. The van der Waals surface area contributed by atoms with Crippen molar-refractivity contribution in [2.45, 2.75) is 0 Å². The number of rotatable bonds is 2. The van der Waals surface area contributed by atoms with E-state index in [9.17, 15) is 0 Å². The van der Waals surface area contributed by atoms with Crippen molar-refractivity contribution in [3.63, 3.8) is 0 Å². The van der Waals surface area contributed by atoms with Gasteiger partial charge in [0.15, 0.2) is 0 Å². The predicted octanol–water partition coefficient (Wildman–Crippen LogP) is 0.850. The third-order valence-electron chi connectivity index (χ3n) is 0.195. The van der Waals surface area contributed by atoms with Gasteiger partial charge in [-0.15, -0.1) is 17.0 Å². The molecule has 0 saturated carbocycles. The first-order chi connectivity index (χ1) is 2.41. The first-order valence-electron chi connectivity index (χ1n) is 1.29. The molecular formula is C2H7Br2NO. The van der Waals surface area contributed by atoms with E-state index >= 15 is 0 Å². The fourth-order valence-electron chi connectivity index (χ4n) is 0.0445. The van der Waals surface area contributed by atoms with Gasteiger partial charge in [0.2, 0.25) is 0 Å². The normalized spacial score (nSPS) is 7.00. The van der Waals surface area contributed by atoms with E-state index in [1.165, 1.54) is 0 Å². The monoisotopic (exact) mass is 219 g/mol. The summed E-state index contributed by atoms with van der Waals surface area (Å²) in [5, 5.41) is 0.809. The molecule has 0 amide bonds. The molecule has 0 aromatic carbocycles. The summed E-state index contributed by atoms with van der Waals surface area (Å²) >= 11 is 3.10. The van der Waals surface area contributed by atoms with Crippen LogP contribution in [0.1, 0.15) is 0 Å². The van der Waals surface area contributed by atoms with Crippen molar-refractivity contribution in [2.75, 3.05) is 11.9 Å². The minimum Gasteiger partial charge on any atom is -0.304 e. The molecule has 40 valence electrons. The van der Waals surface area contributed by atoms with E-state index in [0.29, 0.717) is 6.61 Å². The van der Waals surface area contributed by atoms with E-state index in [1.54, 1.807) is 0 Å². The van der Waals surface area contributed by atoms with Gasteiger partial charge in [0.1, 0.15) is 0 Å². The number of halogens is 2. The summed E-state index contributed by atoms with van der Waals surface area (Å²) in [5.41, 5.74) is 0. The Morgan fingerprint density at radius 1 is 1.67 bits per heavy atom. The Labute approximate surface area is 55.9 Å². The molecule has 0 aromatic heterocycles. The minimum absolute atomic E-state index is 0. The van der Waals surface area contributed by atoms with Gasteiger partial charge in [0.05, 0.1) is 6.61 Å². The second-order valence-corrected chi connectivity index (χ2v) is 1.35. The fourth-order valence-corrected chi connectivity index (χ4v) is 0.231. The smallest absolute Gasteiger partial charge is 0.0776 e. The van der Waals surface area contributed by atoms with Crippen molar-refractivity contribution in [1.82, 2.24) is 0 Å². The lowest BCUT2D eigenvalue weighted by atomic mass is 10.9. The maximum Gasteiger partial charge on any atom is 0.0776 e. The van der Waals surface area contributed by atoms with Crippen LogP contribution in [0.5, 0.6) is 0 Å². The number of nitrogens with two attached hydrogens (primary N) is 1. The summed E-state index contributed by atoms with van der Waals surface area (Å²) in [6.45, 7) is 0.583. The maximum absolute atomic E-state index is 4.61. The van der Waals surface area contributed by atoms with Crippen LogP contribution in [0.3, 0.4) is 0 Å². The highest BCUT2D eigenvalue weighted by Gasteiger charge is 1.68. The van der Waals surface area contributed by atoms with Gasteiger partial charge in [-0.25, -0.2) is 5.90 Å². The van der Waals surface area contributed by atoms with Crippen molar-refractivity contribution in [3.8, 4) is 0 Å². The molecule has 0 radical (unpaired) electrons. The van der Waals surface area contributed by atoms with Crippen molar-refractivity contribution in [2.24, 2.45) is 5.90 Å². The highest BCUT2D eigenvalue weighted by Crippen LogP contribution is 1.73. The van der Waals surface area contributed by atoms with Gasteiger partial charge in [-0.05, 0) is 0 Å². The zero-order valence-electron chi connectivity index (χ0n) is 3.19. The van der Waals surface area contributed by atoms with Gasteiger partial charge < -0.3 is 4.84 Å². The van der Waals surface area contributed by atoms with Gasteiger partial charge >= 0.3 is 0 Å². The molecular weight excluding hydrogens is 214 g/mol. The molecule has 0 spiro atoms. The lowest BCUT2D eigenvalue weighted by Gasteiger charge is -1.82. The van der Waals surface area contributed by atoms with Crippen LogP contribution in [0.2, 0.25) is 0 Å². The van der Waals surface area contributed by atoms with Crippen LogP contribution < -0.4 is 5.90 Å². The summed E-state index contributed by atoms with van der Waals surface area (Å²) < 4.78 is 0. The second kappa shape index (κ2) is 9.30. The molecule has 0 aliphatic rings. The van der Waals surface area contributed by atoms with Crippen molar-refractivity contribution < 1.29 is 4.84 Å². The van der Waals surface area contributed by atoms with Crippen LogP contribution in [0.15, 0.2) is 0 Å². The Hall–Kier alpha value is 0.880. The average molecular weight is 221 g/mol. The number of alkyl halides is 1. The predicted molar refractivity (Wildman–Crippen MR) is 34.3 cm³/mol. The molecule has 0 fully saturated rings. The lowest BCUT2D eigenvalue weighted by molar-refractivity contribution is 0.155. The molecule has 0 aliphatic heterocycles. The molecule has 4 heteroatoms. The van der Waals surface area contributed by atoms with E-state index in [4.69, 9.17) is 0 Å². The molecule has 0 unspecified atom stereocenters. The third-order valence-corrected chi connectivity index (χ3v) is 0.519. The average Bonchev–Trinajstić information content (AvgIpc) is 1.41. The summed E-state index contributed by atoms with van der Waals surface area (Å²) in [6.07, 6.45) is 0. The molecule has 0 rings (SSSR count). The Morgan fingerprint density at radius 3 is 2.17 bits per heavy atom. The molecule has 0 saturated heterocycles. The molecule has 2 N–H and O–H groups in total. The van der Waals surface area contributed by atoms with Crippen LogP contribution in [0.25, 0.3) is 0 Å². The van der Waals surface area contributed by atoms with E-state index in [2.05, 4.69) is 26.7 Å². The second-order valence-electron chi connectivity index (χ2n) is 0.560. The largest absolute Gasteiger partial charge is 0.304 e. The molecule has 0 aromatic rings. The van der Waals surface area contributed by atoms with E-state index in [-0.39, 0.29) is 17.0 Å². The maximum atomic E-state index is 4.61. The number of hydrogen-bond donors (Lipinski definition) is 1. The first-order valence-corrected chi connectivity index (χ1v) is 2.41. The summed E-state index contributed by atoms with van der Waals surface area (Å²) in [4.78, 5) is 4.14. The third kappa shape index (κ3) is 8.86. The summed E-state index contributed by atoms with van der Waals surface area (Å²) in [5.74, 6) is 4.61. The van der Waals surface area contributed by atoms with Crippen LogP contribution in [0, 0.1) is 0 Å². The molecule has 0 heterocycles. The Bertz CT molecular complexity index is 19.0. The summed E-state index contributed by atoms with van der Waals surface area (Å²) in [6, 6.07) is 0. The lowest BCUT2D eigenvalue weighted by Crippen LogP contribution is -2.00. The van der Waals surface area contributed by atoms with E-state index < -0.39 is 0 Å². The standard InChI is InChI=1S/C2H6BrNO.BrH/c3-1-2-5-4;/h1-2,4H2;1H. The number of hydrogen-bond acceptors (Lipinski definition) is 2. The molecule has 0 bridgehead atoms. The van der Waals surface area contributed by atoms with Gasteiger partial charge in [-0.1, -0.05) is 15.9 Å². The van der Waals surface area contributed by atoms with E-state index in [1.807, 2.05) is 0 Å². The van der Waals surface area contributed by atoms with Crippen LogP contribution in [0.4, 0.5) is 0 Å². The van der Waals surface area contributed by atoms with Gasteiger partial charge in [0, 0.05) is 5.33 Å². The quantitative estimate of drug-likeness (QED) is 0.554. The minimum atomic E-state index is 0. The van der Waals surface area contributed by atoms with Gasteiger partial charge in [-0.3, -0.25) is 0 Å². The summed E-state index contributed by atoms with van der Waals surface area (Å²) in [7, 11) is 0. The van der Waals surface area contributed by atoms with Crippen molar-refractivity contribution in [3.05, 3.63) is 0 Å². The first kappa shape index (κ1) is 9.99.